The number of hydrogen-bond donors (Lipinski definition) is 1. The second kappa shape index (κ2) is 7.29. The number of aryl methyl sites for hydroxylation is 1. The van der Waals surface area contributed by atoms with E-state index >= 15 is 0 Å². The molecule has 4 aromatic rings. The molecular weight excluding hydrogens is 362 g/mol. The quantitative estimate of drug-likeness (QED) is 0.552. The third-order valence-electron chi connectivity index (χ3n) is 4.55. The third kappa shape index (κ3) is 3.59. The molecule has 0 unspecified atom stereocenters. The van der Waals surface area contributed by atoms with E-state index < -0.39 is 0 Å². The van der Waals surface area contributed by atoms with E-state index in [4.69, 9.17) is 16.0 Å². The Morgan fingerprint density at radius 1 is 1.19 bits per heavy atom. The highest BCUT2D eigenvalue weighted by atomic mass is 35.5. The zero-order chi connectivity index (χ0) is 18.8. The van der Waals surface area contributed by atoms with Gasteiger partial charge in [-0.05, 0) is 42.3 Å². The minimum Gasteiger partial charge on any atom is -0.451 e. The van der Waals surface area contributed by atoms with Crippen molar-refractivity contribution in [2.75, 3.05) is 0 Å². The first kappa shape index (κ1) is 17.4. The van der Waals surface area contributed by atoms with Gasteiger partial charge in [0.2, 0.25) is 0 Å². The Morgan fingerprint density at radius 3 is 2.78 bits per heavy atom. The van der Waals surface area contributed by atoms with Gasteiger partial charge in [-0.3, -0.25) is 9.48 Å². The molecule has 6 heteroatoms. The topological polar surface area (TPSA) is 60.1 Å². The number of carbonyl (C=O) groups is 1. The van der Waals surface area contributed by atoms with Gasteiger partial charge in [0, 0.05) is 34.9 Å². The molecule has 0 atom stereocenters. The molecule has 0 aliphatic heterocycles. The molecule has 2 heterocycles. The van der Waals surface area contributed by atoms with Crippen LogP contribution in [0.4, 0.5) is 0 Å². The van der Waals surface area contributed by atoms with Crippen LogP contribution < -0.4 is 5.32 Å². The summed E-state index contributed by atoms with van der Waals surface area (Å²) in [6, 6.07) is 15.2. The number of nitrogens with one attached hydrogen (secondary N) is 1. The average Bonchev–Trinajstić information content (AvgIpc) is 3.29. The Bertz CT molecular complexity index is 1100. The SMILES string of the molecule is Cc1c(C(=O)NCc2ccccc2Cn2cccn2)oc2ccc(Cl)cc12. The van der Waals surface area contributed by atoms with Crippen molar-refractivity contribution in [3.8, 4) is 0 Å². The van der Waals surface area contributed by atoms with Gasteiger partial charge in [0.1, 0.15) is 5.58 Å². The Hall–Kier alpha value is -3.05. The van der Waals surface area contributed by atoms with E-state index in [-0.39, 0.29) is 5.91 Å². The summed E-state index contributed by atoms with van der Waals surface area (Å²) in [5, 5.41) is 8.67. The Kier molecular flexibility index (Phi) is 4.69. The molecule has 0 saturated heterocycles. The van der Waals surface area contributed by atoms with E-state index in [0.717, 1.165) is 22.1 Å². The molecule has 0 spiro atoms. The molecular formula is C21H18ClN3O2. The summed E-state index contributed by atoms with van der Waals surface area (Å²) >= 11 is 6.05. The fourth-order valence-corrected chi connectivity index (χ4v) is 3.29. The average molecular weight is 380 g/mol. The summed E-state index contributed by atoms with van der Waals surface area (Å²) in [7, 11) is 0. The molecule has 0 fully saturated rings. The van der Waals surface area contributed by atoms with Gasteiger partial charge in [-0.15, -0.1) is 0 Å². The van der Waals surface area contributed by atoms with Crippen LogP contribution in [0.15, 0.2) is 65.3 Å². The summed E-state index contributed by atoms with van der Waals surface area (Å²) < 4.78 is 7.59. The molecule has 5 nitrogen and oxygen atoms in total. The number of fused-ring (bicyclic) bond motifs is 1. The fourth-order valence-electron chi connectivity index (χ4n) is 3.12. The summed E-state index contributed by atoms with van der Waals surface area (Å²) in [6.07, 6.45) is 3.67. The van der Waals surface area contributed by atoms with Crippen LogP contribution in [-0.2, 0) is 13.1 Å². The van der Waals surface area contributed by atoms with Gasteiger partial charge in [-0.2, -0.15) is 5.10 Å². The standard InChI is InChI=1S/C21H18ClN3O2/c1-14-18-11-17(22)7-8-19(18)27-20(14)21(26)23-12-15-5-2-3-6-16(15)13-25-10-4-9-24-25/h2-11H,12-13H2,1H3,(H,23,26). The monoisotopic (exact) mass is 379 g/mol. The minimum atomic E-state index is -0.242. The molecule has 0 aliphatic carbocycles. The van der Waals surface area contributed by atoms with Gasteiger partial charge in [0.05, 0.1) is 6.54 Å². The Balaban J connectivity index is 1.52. The smallest absolute Gasteiger partial charge is 0.287 e. The number of hydrogen-bond acceptors (Lipinski definition) is 3. The van der Waals surface area contributed by atoms with Gasteiger partial charge < -0.3 is 9.73 Å². The zero-order valence-corrected chi connectivity index (χ0v) is 15.5. The Labute approximate surface area is 161 Å². The summed E-state index contributed by atoms with van der Waals surface area (Å²) in [5.41, 5.74) is 3.59. The number of aromatic nitrogens is 2. The number of furan rings is 1. The van der Waals surface area contributed by atoms with Crippen LogP contribution in [0.2, 0.25) is 5.02 Å². The Morgan fingerprint density at radius 2 is 2.00 bits per heavy atom. The lowest BCUT2D eigenvalue weighted by Crippen LogP contribution is -2.23. The normalized spacial score (nSPS) is 11.0. The molecule has 1 amide bonds. The summed E-state index contributed by atoms with van der Waals surface area (Å²) in [6.45, 7) is 2.93. The first-order valence-electron chi connectivity index (χ1n) is 8.63. The molecule has 4 rings (SSSR count). The van der Waals surface area contributed by atoms with Gasteiger partial charge in [0.15, 0.2) is 5.76 Å². The first-order chi connectivity index (χ1) is 13.1. The second-order valence-corrected chi connectivity index (χ2v) is 6.79. The van der Waals surface area contributed by atoms with Gasteiger partial charge in [-0.1, -0.05) is 35.9 Å². The molecule has 2 aromatic carbocycles. The number of benzene rings is 2. The van der Waals surface area contributed by atoms with Crippen molar-refractivity contribution in [3.63, 3.8) is 0 Å². The minimum absolute atomic E-state index is 0.242. The molecule has 0 saturated carbocycles. The van der Waals surface area contributed by atoms with E-state index in [0.29, 0.717) is 29.5 Å². The van der Waals surface area contributed by atoms with Crippen LogP contribution in [-0.4, -0.2) is 15.7 Å². The van der Waals surface area contributed by atoms with Gasteiger partial charge in [0.25, 0.3) is 5.91 Å². The van der Waals surface area contributed by atoms with E-state index in [2.05, 4.69) is 10.4 Å². The number of amides is 1. The molecule has 27 heavy (non-hydrogen) atoms. The maximum absolute atomic E-state index is 12.7. The van der Waals surface area contributed by atoms with Crippen molar-refractivity contribution in [1.82, 2.24) is 15.1 Å². The number of carbonyl (C=O) groups excluding carboxylic acids is 1. The third-order valence-corrected chi connectivity index (χ3v) is 4.79. The lowest BCUT2D eigenvalue weighted by atomic mass is 10.1. The predicted molar refractivity (Wildman–Crippen MR) is 105 cm³/mol. The number of nitrogens with zero attached hydrogens (tertiary/aromatic N) is 2. The van der Waals surface area contributed by atoms with Crippen LogP contribution in [0.1, 0.15) is 27.2 Å². The fraction of sp³-hybridized carbons (Fsp3) is 0.143. The van der Waals surface area contributed by atoms with Gasteiger partial charge >= 0.3 is 0 Å². The number of halogens is 1. The van der Waals surface area contributed by atoms with Crippen LogP contribution in [0.5, 0.6) is 0 Å². The van der Waals surface area contributed by atoms with Crippen molar-refractivity contribution in [3.05, 3.63) is 88.4 Å². The van der Waals surface area contributed by atoms with E-state index in [1.165, 1.54) is 0 Å². The predicted octanol–water partition coefficient (Wildman–Crippen LogP) is 4.57. The van der Waals surface area contributed by atoms with Gasteiger partial charge in [-0.25, -0.2) is 0 Å². The van der Waals surface area contributed by atoms with Crippen LogP contribution in [0.3, 0.4) is 0 Å². The maximum atomic E-state index is 12.7. The second-order valence-electron chi connectivity index (χ2n) is 6.35. The van der Waals surface area contributed by atoms with E-state index in [9.17, 15) is 4.79 Å². The lowest BCUT2D eigenvalue weighted by Gasteiger charge is -2.10. The molecule has 0 aliphatic rings. The zero-order valence-electron chi connectivity index (χ0n) is 14.8. The molecule has 136 valence electrons. The van der Waals surface area contributed by atoms with Crippen molar-refractivity contribution >= 4 is 28.5 Å². The highest BCUT2D eigenvalue weighted by Gasteiger charge is 2.18. The van der Waals surface area contributed by atoms with E-state index in [1.54, 1.807) is 18.3 Å². The molecule has 2 aromatic heterocycles. The summed E-state index contributed by atoms with van der Waals surface area (Å²) in [5.74, 6) is 0.0746. The largest absolute Gasteiger partial charge is 0.451 e. The maximum Gasteiger partial charge on any atom is 0.287 e. The molecule has 0 bridgehead atoms. The molecule has 1 N–H and O–H groups in total. The highest BCUT2D eigenvalue weighted by molar-refractivity contribution is 6.31. The first-order valence-corrected chi connectivity index (χ1v) is 9.00. The van der Waals surface area contributed by atoms with Crippen molar-refractivity contribution in [1.29, 1.82) is 0 Å². The van der Waals surface area contributed by atoms with Crippen LogP contribution in [0.25, 0.3) is 11.0 Å². The van der Waals surface area contributed by atoms with Crippen LogP contribution >= 0.6 is 11.6 Å². The summed E-state index contributed by atoms with van der Waals surface area (Å²) in [4.78, 5) is 12.7. The van der Waals surface area contributed by atoms with E-state index in [1.807, 2.05) is 54.2 Å². The molecule has 0 radical (unpaired) electrons. The van der Waals surface area contributed by atoms with Crippen molar-refractivity contribution in [2.45, 2.75) is 20.0 Å². The van der Waals surface area contributed by atoms with Crippen molar-refractivity contribution in [2.24, 2.45) is 0 Å². The lowest BCUT2D eigenvalue weighted by molar-refractivity contribution is 0.0924. The van der Waals surface area contributed by atoms with Crippen molar-refractivity contribution < 1.29 is 9.21 Å². The van der Waals surface area contributed by atoms with Crippen LogP contribution in [0, 0.1) is 6.92 Å². The number of rotatable bonds is 5. The highest BCUT2D eigenvalue weighted by Crippen LogP contribution is 2.27.